The third-order valence-electron chi connectivity index (χ3n) is 5.16. The summed E-state index contributed by atoms with van der Waals surface area (Å²) >= 11 is 0. The first-order valence-electron chi connectivity index (χ1n) is 7.65. The lowest BCUT2D eigenvalue weighted by Gasteiger charge is -2.39. The molecule has 0 atom stereocenters. The Morgan fingerprint density at radius 1 is 1.28 bits per heavy atom. The fourth-order valence-electron chi connectivity index (χ4n) is 3.32. The zero-order valence-corrected chi connectivity index (χ0v) is 11.7. The van der Waals surface area contributed by atoms with E-state index in [1.54, 1.807) is 0 Å². The van der Waals surface area contributed by atoms with Gasteiger partial charge in [0.1, 0.15) is 0 Å². The topological polar surface area (TPSA) is 55.1 Å². The van der Waals surface area contributed by atoms with Crippen LogP contribution >= 0.6 is 0 Å². The number of nitrogens with one attached hydrogen (secondary N) is 1. The molecule has 18 heavy (non-hydrogen) atoms. The molecular formula is C15H28N2O. The third kappa shape index (κ3) is 3.05. The highest BCUT2D eigenvalue weighted by molar-refractivity contribution is 5.83. The zero-order chi connectivity index (χ0) is 13.0. The van der Waals surface area contributed by atoms with Gasteiger partial charge >= 0.3 is 0 Å². The molecule has 0 aromatic heterocycles. The SMILES string of the molecule is CC1CCC(CCNC(=O)C2(CN)CCC2)CC1. The average Bonchev–Trinajstić information content (AvgIpc) is 2.31. The highest BCUT2D eigenvalue weighted by Gasteiger charge is 2.42. The standard InChI is InChI=1S/C15H28N2O/c1-12-3-5-13(6-4-12)7-10-17-14(18)15(11-16)8-2-9-15/h12-13H,2-11,16H2,1H3,(H,17,18). The molecule has 104 valence electrons. The Kier molecular flexibility index (Phi) is 4.66. The first kappa shape index (κ1) is 13.9. The second-order valence-corrected chi connectivity index (χ2v) is 6.51. The van der Waals surface area contributed by atoms with Crippen LogP contribution in [0, 0.1) is 17.3 Å². The third-order valence-corrected chi connectivity index (χ3v) is 5.16. The van der Waals surface area contributed by atoms with Gasteiger partial charge in [-0.05, 0) is 31.1 Å². The van der Waals surface area contributed by atoms with Gasteiger partial charge in [0.15, 0.2) is 0 Å². The molecule has 0 unspecified atom stereocenters. The quantitative estimate of drug-likeness (QED) is 0.789. The minimum absolute atomic E-state index is 0.207. The zero-order valence-electron chi connectivity index (χ0n) is 11.7. The van der Waals surface area contributed by atoms with Gasteiger partial charge in [0.05, 0.1) is 5.41 Å². The van der Waals surface area contributed by atoms with Gasteiger partial charge in [0, 0.05) is 13.1 Å². The number of amides is 1. The van der Waals surface area contributed by atoms with Gasteiger partial charge in [-0.15, -0.1) is 0 Å². The molecule has 0 aromatic carbocycles. The van der Waals surface area contributed by atoms with Crippen LogP contribution in [-0.4, -0.2) is 19.0 Å². The van der Waals surface area contributed by atoms with Gasteiger partial charge in [-0.1, -0.05) is 39.0 Å². The maximum atomic E-state index is 12.1. The molecule has 1 amide bonds. The number of hydrogen-bond donors (Lipinski definition) is 2. The summed E-state index contributed by atoms with van der Waals surface area (Å²) in [5.41, 5.74) is 5.53. The molecule has 2 aliphatic carbocycles. The second-order valence-electron chi connectivity index (χ2n) is 6.51. The van der Waals surface area contributed by atoms with Crippen LogP contribution in [0.25, 0.3) is 0 Å². The van der Waals surface area contributed by atoms with Crippen LogP contribution in [0.4, 0.5) is 0 Å². The molecule has 0 radical (unpaired) electrons. The summed E-state index contributed by atoms with van der Waals surface area (Å²) in [6.45, 7) is 3.71. The van der Waals surface area contributed by atoms with Crippen LogP contribution in [0.3, 0.4) is 0 Å². The maximum absolute atomic E-state index is 12.1. The number of carbonyl (C=O) groups excluding carboxylic acids is 1. The van der Waals surface area contributed by atoms with Crippen molar-refractivity contribution in [3.05, 3.63) is 0 Å². The molecule has 2 rings (SSSR count). The molecule has 3 N–H and O–H groups in total. The van der Waals surface area contributed by atoms with Crippen LogP contribution in [-0.2, 0) is 4.79 Å². The van der Waals surface area contributed by atoms with Crippen molar-refractivity contribution in [1.29, 1.82) is 0 Å². The number of hydrogen-bond acceptors (Lipinski definition) is 2. The van der Waals surface area contributed by atoms with E-state index in [0.717, 1.165) is 44.1 Å². The summed E-state index contributed by atoms with van der Waals surface area (Å²) in [5, 5.41) is 3.12. The van der Waals surface area contributed by atoms with Crippen molar-refractivity contribution in [3.63, 3.8) is 0 Å². The molecule has 0 heterocycles. The Balaban J connectivity index is 1.64. The molecule has 0 spiro atoms. The van der Waals surface area contributed by atoms with Crippen molar-refractivity contribution in [3.8, 4) is 0 Å². The van der Waals surface area contributed by atoms with E-state index in [4.69, 9.17) is 5.73 Å². The molecule has 0 bridgehead atoms. The van der Waals surface area contributed by atoms with E-state index in [1.807, 2.05) is 0 Å². The van der Waals surface area contributed by atoms with Gasteiger partial charge in [0.25, 0.3) is 0 Å². The summed E-state index contributed by atoms with van der Waals surface area (Å²) in [4.78, 5) is 12.1. The minimum Gasteiger partial charge on any atom is -0.356 e. The van der Waals surface area contributed by atoms with E-state index in [9.17, 15) is 4.79 Å². The van der Waals surface area contributed by atoms with E-state index < -0.39 is 0 Å². The Hall–Kier alpha value is -0.570. The van der Waals surface area contributed by atoms with Gasteiger partial charge < -0.3 is 11.1 Å². The Labute approximate surface area is 111 Å². The minimum atomic E-state index is -0.207. The molecule has 0 saturated heterocycles. The van der Waals surface area contributed by atoms with Crippen molar-refractivity contribution < 1.29 is 4.79 Å². The van der Waals surface area contributed by atoms with E-state index in [2.05, 4.69) is 12.2 Å². The Morgan fingerprint density at radius 2 is 1.94 bits per heavy atom. The molecular weight excluding hydrogens is 224 g/mol. The van der Waals surface area contributed by atoms with Crippen molar-refractivity contribution in [1.82, 2.24) is 5.32 Å². The fraction of sp³-hybridized carbons (Fsp3) is 0.933. The summed E-state index contributed by atoms with van der Waals surface area (Å²) in [6.07, 6.45) is 9.70. The largest absolute Gasteiger partial charge is 0.356 e. The molecule has 0 aromatic rings. The average molecular weight is 252 g/mol. The fourth-order valence-corrected chi connectivity index (χ4v) is 3.32. The van der Waals surface area contributed by atoms with Gasteiger partial charge in [-0.25, -0.2) is 0 Å². The highest BCUT2D eigenvalue weighted by Crippen LogP contribution is 2.40. The molecule has 3 heteroatoms. The normalized spacial score (nSPS) is 30.6. The van der Waals surface area contributed by atoms with E-state index >= 15 is 0 Å². The summed E-state index contributed by atoms with van der Waals surface area (Å²) < 4.78 is 0. The molecule has 2 aliphatic rings. The summed E-state index contributed by atoms with van der Waals surface area (Å²) in [6, 6.07) is 0. The Bertz CT molecular complexity index is 273. The molecule has 3 nitrogen and oxygen atoms in total. The predicted molar refractivity (Wildman–Crippen MR) is 74.1 cm³/mol. The Morgan fingerprint density at radius 3 is 2.44 bits per heavy atom. The first-order valence-corrected chi connectivity index (χ1v) is 7.65. The van der Waals surface area contributed by atoms with Crippen LogP contribution in [0.2, 0.25) is 0 Å². The molecule has 2 saturated carbocycles. The molecule has 0 aliphatic heterocycles. The van der Waals surface area contributed by atoms with E-state index in [-0.39, 0.29) is 11.3 Å². The van der Waals surface area contributed by atoms with Crippen LogP contribution < -0.4 is 11.1 Å². The lowest BCUT2D eigenvalue weighted by atomic mass is 9.68. The van der Waals surface area contributed by atoms with Gasteiger partial charge in [-0.2, -0.15) is 0 Å². The summed E-state index contributed by atoms with van der Waals surface area (Å²) in [7, 11) is 0. The van der Waals surface area contributed by atoms with Crippen LogP contribution in [0.1, 0.15) is 58.3 Å². The maximum Gasteiger partial charge on any atom is 0.227 e. The van der Waals surface area contributed by atoms with E-state index in [1.165, 1.54) is 25.7 Å². The summed E-state index contributed by atoms with van der Waals surface area (Å²) in [5.74, 6) is 1.95. The van der Waals surface area contributed by atoms with Crippen molar-refractivity contribution in [2.24, 2.45) is 23.0 Å². The van der Waals surface area contributed by atoms with Crippen LogP contribution in [0.5, 0.6) is 0 Å². The number of nitrogens with two attached hydrogens (primary N) is 1. The smallest absolute Gasteiger partial charge is 0.227 e. The van der Waals surface area contributed by atoms with E-state index in [0.29, 0.717) is 6.54 Å². The van der Waals surface area contributed by atoms with Gasteiger partial charge in [-0.3, -0.25) is 4.79 Å². The second kappa shape index (κ2) is 6.05. The predicted octanol–water partition coefficient (Wildman–Crippen LogP) is 2.45. The lowest BCUT2D eigenvalue weighted by Crippen LogP contribution is -2.50. The monoisotopic (exact) mass is 252 g/mol. The van der Waals surface area contributed by atoms with Crippen molar-refractivity contribution in [2.45, 2.75) is 58.3 Å². The molecule has 2 fully saturated rings. The first-order chi connectivity index (χ1) is 8.66. The van der Waals surface area contributed by atoms with Crippen molar-refractivity contribution in [2.75, 3.05) is 13.1 Å². The number of rotatable bonds is 5. The lowest BCUT2D eigenvalue weighted by molar-refractivity contribution is -0.135. The van der Waals surface area contributed by atoms with Crippen LogP contribution in [0.15, 0.2) is 0 Å². The van der Waals surface area contributed by atoms with Crippen molar-refractivity contribution >= 4 is 5.91 Å². The van der Waals surface area contributed by atoms with Gasteiger partial charge in [0.2, 0.25) is 5.91 Å². The highest BCUT2D eigenvalue weighted by atomic mass is 16.2. The number of carbonyl (C=O) groups is 1.